The van der Waals surface area contributed by atoms with Gasteiger partial charge in [0, 0.05) is 37.5 Å². The molecule has 1 heterocycles. The van der Waals surface area contributed by atoms with Crippen molar-refractivity contribution >= 4 is 5.69 Å². The predicted molar refractivity (Wildman–Crippen MR) is 76.4 cm³/mol. The lowest BCUT2D eigenvalue weighted by Gasteiger charge is -2.11. The lowest BCUT2D eigenvalue weighted by Crippen LogP contribution is -2.23. The van der Waals surface area contributed by atoms with Gasteiger partial charge >= 0.3 is 5.69 Å². The minimum Gasteiger partial charge on any atom is -0.330 e. The molecule has 1 aromatic heterocycles. The number of nitrogens with two attached hydrogens (primary N) is 1. The van der Waals surface area contributed by atoms with Gasteiger partial charge in [0.2, 0.25) is 5.82 Å². The summed E-state index contributed by atoms with van der Waals surface area (Å²) in [7, 11) is 0. The zero-order valence-corrected chi connectivity index (χ0v) is 11.7. The lowest BCUT2D eigenvalue weighted by molar-refractivity contribution is -0.387. The number of nitrogens with zero attached hydrogens (tertiary/aromatic N) is 3. The Hall–Kier alpha value is -2.28. The van der Waals surface area contributed by atoms with E-state index in [-0.39, 0.29) is 6.04 Å². The highest BCUT2D eigenvalue weighted by Crippen LogP contribution is 2.19. The van der Waals surface area contributed by atoms with Crippen LogP contribution in [0.1, 0.15) is 24.7 Å². The van der Waals surface area contributed by atoms with Crippen molar-refractivity contribution in [1.29, 1.82) is 0 Å². The van der Waals surface area contributed by atoms with Crippen LogP contribution in [0.4, 0.5) is 10.1 Å². The van der Waals surface area contributed by atoms with Gasteiger partial charge in [0.05, 0.1) is 4.92 Å². The van der Waals surface area contributed by atoms with Gasteiger partial charge in [-0.05, 0) is 18.1 Å². The molecule has 7 heteroatoms. The molecule has 0 saturated carbocycles. The first-order valence-electron chi connectivity index (χ1n) is 6.69. The third-order valence-corrected chi connectivity index (χ3v) is 3.33. The second-order valence-electron chi connectivity index (χ2n) is 4.89. The zero-order valence-electron chi connectivity index (χ0n) is 11.7. The molecule has 0 aliphatic carbocycles. The van der Waals surface area contributed by atoms with Crippen molar-refractivity contribution in [2.24, 2.45) is 5.73 Å². The zero-order chi connectivity index (χ0) is 15.4. The van der Waals surface area contributed by atoms with Crippen LogP contribution < -0.4 is 5.73 Å². The number of hydrogen-bond acceptors (Lipinski definition) is 4. The molecular weight excluding hydrogens is 275 g/mol. The van der Waals surface area contributed by atoms with Crippen LogP contribution in [0.5, 0.6) is 0 Å². The van der Waals surface area contributed by atoms with E-state index in [1.165, 1.54) is 12.1 Å². The first-order chi connectivity index (χ1) is 10.0. The van der Waals surface area contributed by atoms with E-state index in [1.807, 2.05) is 11.5 Å². The van der Waals surface area contributed by atoms with Crippen LogP contribution in [-0.4, -0.2) is 20.5 Å². The summed E-state index contributed by atoms with van der Waals surface area (Å²) in [6.45, 7) is 2.41. The van der Waals surface area contributed by atoms with Crippen LogP contribution in [0.15, 0.2) is 30.6 Å². The second kappa shape index (κ2) is 6.45. The Morgan fingerprint density at radius 3 is 2.90 bits per heavy atom. The van der Waals surface area contributed by atoms with Gasteiger partial charge in [-0.2, -0.15) is 4.39 Å². The fourth-order valence-electron chi connectivity index (χ4n) is 2.05. The van der Waals surface area contributed by atoms with Crippen LogP contribution in [-0.2, 0) is 13.0 Å². The standard InChI is InChI=1S/C14H17FN4O2/c1-2-11(16)8-14-17-5-6-18(14)9-10-3-4-13(19(20)21)12(15)7-10/h3-7,11H,2,8-9,16H2,1H3. The Bertz CT molecular complexity index is 642. The number of hydrogen-bond donors (Lipinski definition) is 1. The average molecular weight is 292 g/mol. The molecule has 1 unspecified atom stereocenters. The number of nitro benzene ring substituents is 1. The number of nitro groups is 1. The highest BCUT2D eigenvalue weighted by Gasteiger charge is 2.14. The number of halogens is 1. The van der Waals surface area contributed by atoms with Crippen molar-refractivity contribution in [2.75, 3.05) is 0 Å². The summed E-state index contributed by atoms with van der Waals surface area (Å²) in [5, 5.41) is 10.6. The Labute approximate surface area is 121 Å². The summed E-state index contributed by atoms with van der Waals surface area (Å²) in [5.74, 6) is -0.00691. The molecule has 0 spiro atoms. The van der Waals surface area contributed by atoms with Gasteiger partial charge in [0.15, 0.2) is 0 Å². The van der Waals surface area contributed by atoms with Gasteiger partial charge < -0.3 is 10.3 Å². The number of rotatable bonds is 6. The van der Waals surface area contributed by atoms with Crippen LogP contribution in [0.25, 0.3) is 0 Å². The quantitative estimate of drug-likeness (QED) is 0.653. The van der Waals surface area contributed by atoms with Crippen LogP contribution in [0.2, 0.25) is 0 Å². The molecule has 0 amide bonds. The maximum atomic E-state index is 13.6. The molecule has 0 radical (unpaired) electrons. The van der Waals surface area contributed by atoms with Crippen LogP contribution >= 0.6 is 0 Å². The van der Waals surface area contributed by atoms with Gasteiger partial charge in [0.1, 0.15) is 5.82 Å². The largest absolute Gasteiger partial charge is 0.330 e. The van der Waals surface area contributed by atoms with E-state index >= 15 is 0 Å². The maximum Gasteiger partial charge on any atom is 0.304 e. The molecule has 0 bridgehead atoms. The third kappa shape index (κ3) is 3.63. The Balaban J connectivity index is 2.17. The van der Waals surface area contributed by atoms with E-state index in [2.05, 4.69) is 4.98 Å². The smallest absolute Gasteiger partial charge is 0.304 e. The number of imidazole rings is 1. The molecule has 112 valence electrons. The van der Waals surface area contributed by atoms with Gasteiger partial charge in [0.25, 0.3) is 0 Å². The molecule has 6 nitrogen and oxygen atoms in total. The van der Waals surface area contributed by atoms with Gasteiger partial charge in [-0.15, -0.1) is 0 Å². The average Bonchev–Trinajstić information content (AvgIpc) is 2.85. The molecule has 1 aromatic carbocycles. The highest BCUT2D eigenvalue weighted by molar-refractivity contribution is 5.35. The minimum absolute atomic E-state index is 0.0275. The minimum atomic E-state index is -0.829. The van der Waals surface area contributed by atoms with Crippen molar-refractivity contribution in [3.63, 3.8) is 0 Å². The van der Waals surface area contributed by atoms with Crippen molar-refractivity contribution in [2.45, 2.75) is 32.4 Å². The summed E-state index contributed by atoms with van der Waals surface area (Å²) in [6, 6.07) is 3.94. The van der Waals surface area contributed by atoms with E-state index in [0.29, 0.717) is 18.5 Å². The molecule has 0 aliphatic rings. The summed E-state index contributed by atoms with van der Waals surface area (Å²) in [4.78, 5) is 14.1. The summed E-state index contributed by atoms with van der Waals surface area (Å²) in [6.07, 6.45) is 4.94. The van der Waals surface area contributed by atoms with E-state index in [1.54, 1.807) is 18.5 Å². The Kier molecular flexibility index (Phi) is 4.64. The monoisotopic (exact) mass is 292 g/mol. The normalized spacial score (nSPS) is 12.3. The molecule has 2 N–H and O–H groups in total. The van der Waals surface area contributed by atoms with E-state index in [9.17, 15) is 14.5 Å². The maximum absolute atomic E-state index is 13.6. The summed E-state index contributed by atoms with van der Waals surface area (Å²) < 4.78 is 15.5. The van der Waals surface area contributed by atoms with E-state index < -0.39 is 16.4 Å². The molecule has 0 aliphatic heterocycles. The topological polar surface area (TPSA) is 87.0 Å². The van der Waals surface area contributed by atoms with Crippen LogP contribution in [0.3, 0.4) is 0 Å². The van der Waals surface area contributed by atoms with Crippen molar-refractivity contribution in [3.05, 3.63) is 57.9 Å². The molecule has 0 fully saturated rings. The van der Waals surface area contributed by atoms with E-state index in [4.69, 9.17) is 5.73 Å². The van der Waals surface area contributed by atoms with Crippen molar-refractivity contribution in [1.82, 2.24) is 9.55 Å². The predicted octanol–water partition coefficient (Wildman–Crippen LogP) is 2.26. The van der Waals surface area contributed by atoms with Gasteiger partial charge in [-0.25, -0.2) is 4.98 Å². The highest BCUT2D eigenvalue weighted by atomic mass is 19.1. The van der Waals surface area contributed by atoms with Crippen molar-refractivity contribution < 1.29 is 9.31 Å². The van der Waals surface area contributed by atoms with Gasteiger partial charge in [-0.1, -0.05) is 13.0 Å². The third-order valence-electron chi connectivity index (χ3n) is 3.33. The van der Waals surface area contributed by atoms with Gasteiger partial charge in [-0.3, -0.25) is 10.1 Å². The fourth-order valence-corrected chi connectivity index (χ4v) is 2.05. The molecule has 0 saturated heterocycles. The summed E-state index contributed by atoms with van der Waals surface area (Å²) >= 11 is 0. The molecule has 2 aromatic rings. The molecule has 21 heavy (non-hydrogen) atoms. The first-order valence-corrected chi connectivity index (χ1v) is 6.69. The SMILES string of the molecule is CCC(N)Cc1nccn1Cc1ccc([N+](=O)[O-])c(F)c1. The molecule has 1 atom stereocenters. The Morgan fingerprint density at radius 1 is 1.52 bits per heavy atom. The summed E-state index contributed by atoms with van der Waals surface area (Å²) in [5.41, 5.74) is 6.04. The molecular formula is C14H17FN4O2. The Morgan fingerprint density at radius 2 is 2.29 bits per heavy atom. The second-order valence-corrected chi connectivity index (χ2v) is 4.89. The molecule has 2 rings (SSSR count). The fraction of sp³-hybridized carbons (Fsp3) is 0.357. The lowest BCUT2D eigenvalue weighted by atomic mass is 10.1. The number of benzene rings is 1. The van der Waals surface area contributed by atoms with Crippen LogP contribution in [0, 0.1) is 15.9 Å². The number of aromatic nitrogens is 2. The first kappa shape index (κ1) is 15.1. The van der Waals surface area contributed by atoms with Crippen molar-refractivity contribution in [3.8, 4) is 0 Å². The van der Waals surface area contributed by atoms with E-state index in [0.717, 1.165) is 12.2 Å².